The molecule has 7 nitrogen and oxygen atoms in total. The summed E-state index contributed by atoms with van der Waals surface area (Å²) >= 11 is 0. The van der Waals surface area contributed by atoms with E-state index in [0.29, 0.717) is 30.3 Å². The standard InChI is InChI=1S/C21H23N3O4/c1-2-14-11-21(26)28-19-12-16(3-4-17(14)19)27-13-20(25)24-9-6-15(7-10-24)18-5-8-22-23-18/h3-5,8,11-12,15H,2,6-7,9-10,13H2,1H3,(H,22,23). The molecule has 3 aromatic rings. The Hall–Kier alpha value is -3.09. The Bertz CT molecular complexity index is 1020. The maximum atomic E-state index is 12.5. The molecule has 28 heavy (non-hydrogen) atoms. The molecular formula is C21H23N3O4. The molecule has 0 bridgehead atoms. The Kier molecular flexibility index (Phi) is 5.14. The molecule has 1 N–H and O–H groups in total. The van der Waals surface area contributed by atoms with Gasteiger partial charge in [0.2, 0.25) is 0 Å². The minimum atomic E-state index is -0.377. The number of fused-ring (bicyclic) bond motifs is 1. The molecule has 1 amide bonds. The molecule has 1 fully saturated rings. The van der Waals surface area contributed by atoms with Crippen LogP contribution >= 0.6 is 0 Å². The average Bonchev–Trinajstić information content (AvgIpc) is 3.26. The number of hydrogen-bond acceptors (Lipinski definition) is 5. The predicted molar refractivity (Wildman–Crippen MR) is 104 cm³/mol. The lowest BCUT2D eigenvalue weighted by Crippen LogP contribution is -2.40. The van der Waals surface area contributed by atoms with Crippen molar-refractivity contribution in [2.24, 2.45) is 0 Å². The number of amides is 1. The molecule has 7 heteroatoms. The Morgan fingerprint density at radius 3 is 2.82 bits per heavy atom. The molecule has 0 saturated carbocycles. The van der Waals surface area contributed by atoms with E-state index >= 15 is 0 Å². The Balaban J connectivity index is 1.36. The van der Waals surface area contributed by atoms with E-state index < -0.39 is 0 Å². The summed E-state index contributed by atoms with van der Waals surface area (Å²) in [6.07, 6.45) is 4.33. The van der Waals surface area contributed by atoms with E-state index in [9.17, 15) is 9.59 Å². The van der Waals surface area contributed by atoms with Crippen molar-refractivity contribution in [3.05, 3.63) is 58.2 Å². The number of aromatic nitrogens is 2. The van der Waals surface area contributed by atoms with Gasteiger partial charge in [0.15, 0.2) is 6.61 Å². The summed E-state index contributed by atoms with van der Waals surface area (Å²) < 4.78 is 10.9. The van der Waals surface area contributed by atoms with E-state index in [1.165, 1.54) is 6.07 Å². The second kappa shape index (κ2) is 7.88. The number of hydrogen-bond donors (Lipinski definition) is 1. The number of piperidine rings is 1. The first kappa shape index (κ1) is 18.3. The highest BCUT2D eigenvalue weighted by Gasteiger charge is 2.24. The lowest BCUT2D eigenvalue weighted by Gasteiger charge is -2.31. The van der Waals surface area contributed by atoms with Crippen LogP contribution in [0.3, 0.4) is 0 Å². The first-order valence-corrected chi connectivity index (χ1v) is 9.60. The highest BCUT2D eigenvalue weighted by molar-refractivity contribution is 5.82. The van der Waals surface area contributed by atoms with Crippen molar-refractivity contribution in [1.82, 2.24) is 15.1 Å². The highest BCUT2D eigenvalue weighted by atomic mass is 16.5. The summed E-state index contributed by atoms with van der Waals surface area (Å²) in [6, 6.07) is 8.85. The normalized spacial score (nSPS) is 15.1. The monoisotopic (exact) mass is 381 g/mol. The molecule has 1 aliphatic rings. The lowest BCUT2D eigenvalue weighted by atomic mass is 9.94. The molecular weight excluding hydrogens is 358 g/mol. The number of aryl methyl sites for hydroxylation is 1. The number of H-pyrrole nitrogens is 1. The summed E-state index contributed by atoms with van der Waals surface area (Å²) in [4.78, 5) is 26.0. The molecule has 0 radical (unpaired) electrons. The Morgan fingerprint density at radius 1 is 1.29 bits per heavy atom. The van der Waals surface area contributed by atoms with Gasteiger partial charge in [-0.3, -0.25) is 9.89 Å². The summed E-state index contributed by atoms with van der Waals surface area (Å²) in [5.41, 5.74) is 2.17. The number of ether oxygens (including phenoxy) is 1. The molecule has 4 rings (SSSR count). The molecule has 0 unspecified atom stereocenters. The van der Waals surface area contributed by atoms with Crippen LogP contribution in [0.5, 0.6) is 5.75 Å². The van der Waals surface area contributed by atoms with E-state index in [4.69, 9.17) is 9.15 Å². The summed E-state index contributed by atoms with van der Waals surface area (Å²) in [5.74, 6) is 0.903. The molecule has 1 aromatic carbocycles. The Morgan fingerprint density at radius 2 is 2.11 bits per heavy atom. The lowest BCUT2D eigenvalue weighted by molar-refractivity contribution is -0.134. The number of carbonyl (C=O) groups excluding carboxylic acids is 1. The van der Waals surface area contributed by atoms with E-state index in [1.807, 2.05) is 24.0 Å². The number of rotatable bonds is 5. The number of benzene rings is 1. The smallest absolute Gasteiger partial charge is 0.336 e. The number of carbonyl (C=O) groups is 1. The number of nitrogens with zero attached hydrogens (tertiary/aromatic N) is 2. The van der Waals surface area contributed by atoms with Crippen LogP contribution < -0.4 is 10.4 Å². The minimum absolute atomic E-state index is 0.0298. The van der Waals surface area contributed by atoms with Gasteiger partial charge in [0.1, 0.15) is 11.3 Å². The third-order valence-corrected chi connectivity index (χ3v) is 5.35. The molecule has 0 aliphatic carbocycles. The summed E-state index contributed by atoms with van der Waals surface area (Å²) in [6.45, 7) is 3.38. The number of aromatic amines is 1. The molecule has 0 atom stereocenters. The zero-order chi connectivity index (χ0) is 19.5. The van der Waals surface area contributed by atoms with Crippen molar-refractivity contribution in [3.8, 4) is 5.75 Å². The fourth-order valence-electron chi connectivity index (χ4n) is 3.76. The van der Waals surface area contributed by atoms with Gasteiger partial charge < -0.3 is 14.1 Å². The van der Waals surface area contributed by atoms with E-state index in [2.05, 4.69) is 10.2 Å². The van der Waals surface area contributed by atoms with Crippen molar-refractivity contribution >= 4 is 16.9 Å². The van der Waals surface area contributed by atoms with Crippen LogP contribution in [0.25, 0.3) is 11.0 Å². The molecule has 146 valence electrons. The van der Waals surface area contributed by atoms with Gasteiger partial charge in [0, 0.05) is 48.4 Å². The fraction of sp³-hybridized carbons (Fsp3) is 0.381. The second-order valence-electron chi connectivity index (χ2n) is 7.06. The van der Waals surface area contributed by atoms with Gasteiger partial charge in [-0.1, -0.05) is 6.92 Å². The van der Waals surface area contributed by atoms with Gasteiger partial charge in [0.05, 0.1) is 0 Å². The van der Waals surface area contributed by atoms with Gasteiger partial charge in [-0.2, -0.15) is 5.10 Å². The van der Waals surface area contributed by atoms with Crippen molar-refractivity contribution in [2.45, 2.75) is 32.1 Å². The van der Waals surface area contributed by atoms with Crippen LogP contribution in [-0.4, -0.2) is 40.7 Å². The summed E-state index contributed by atoms with van der Waals surface area (Å²) in [7, 11) is 0. The average molecular weight is 381 g/mol. The van der Waals surface area contributed by atoms with Crippen molar-refractivity contribution < 1.29 is 13.9 Å². The first-order chi connectivity index (χ1) is 13.6. The van der Waals surface area contributed by atoms with Crippen LogP contribution in [0.4, 0.5) is 0 Å². The third kappa shape index (κ3) is 3.78. The Labute approximate surface area is 162 Å². The predicted octanol–water partition coefficient (Wildman–Crippen LogP) is 2.86. The fourth-order valence-corrected chi connectivity index (χ4v) is 3.76. The number of nitrogens with one attached hydrogen (secondary N) is 1. The SMILES string of the molecule is CCc1cc(=O)oc2cc(OCC(=O)N3CCC(c4ccn[nH]4)CC3)ccc12. The highest BCUT2D eigenvalue weighted by Crippen LogP contribution is 2.27. The van der Waals surface area contributed by atoms with Crippen molar-refractivity contribution in [3.63, 3.8) is 0 Å². The van der Waals surface area contributed by atoms with Crippen LogP contribution in [0, 0.1) is 0 Å². The van der Waals surface area contributed by atoms with E-state index in [-0.39, 0.29) is 18.1 Å². The first-order valence-electron chi connectivity index (χ1n) is 9.60. The minimum Gasteiger partial charge on any atom is -0.484 e. The van der Waals surface area contributed by atoms with E-state index in [0.717, 1.165) is 35.9 Å². The van der Waals surface area contributed by atoms with Gasteiger partial charge in [-0.25, -0.2) is 4.79 Å². The topological polar surface area (TPSA) is 88.4 Å². The van der Waals surface area contributed by atoms with Crippen LogP contribution in [0.2, 0.25) is 0 Å². The zero-order valence-electron chi connectivity index (χ0n) is 15.8. The molecule has 1 aliphatic heterocycles. The molecule has 0 spiro atoms. The maximum absolute atomic E-state index is 12.5. The van der Waals surface area contributed by atoms with Crippen LogP contribution in [-0.2, 0) is 11.2 Å². The largest absolute Gasteiger partial charge is 0.484 e. The van der Waals surface area contributed by atoms with Crippen LogP contribution in [0.15, 0.2) is 45.7 Å². The maximum Gasteiger partial charge on any atom is 0.336 e. The number of likely N-dealkylation sites (tertiary alicyclic amines) is 1. The second-order valence-corrected chi connectivity index (χ2v) is 7.06. The third-order valence-electron chi connectivity index (χ3n) is 5.35. The molecule has 3 heterocycles. The van der Waals surface area contributed by atoms with Gasteiger partial charge in [0.25, 0.3) is 5.91 Å². The van der Waals surface area contributed by atoms with Crippen molar-refractivity contribution in [2.75, 3.05) is 19.7 Å². The van der Waals surface area contributed by atoms with Gasteiger partial charge >= 0.3 is 5.63 Å². The van der Waals surface area contributed by atoms with Crippen LogP contribution in [0.1, 0.15) is 36.9 Å². The molecule has 2 aromatic heterocycles. The van der Waals surface area contributed by atoms with Gasteiger partial charge in [-0.15, -0.1) is 0 Å². The summed E-state index contributed by atoms with van der Waals surface area (Å²) in [5, 5.41) is 7.90. The van der Waals surface area contributed by atoms with Gasteiger partial charge in [-0.05, 0) is 43.0 Å². The van der Waals surface area contributed by atoms with E-state index in [1.54, 1.807) is 18.3 Å². The molecule has 1 saturated heterocycles. The quantitative estimate of drug-likeness (QED) is 0.687. The zero-order valence-corrected chi connectivity index (χ0v) is 15.8. The van der Waals surface area contributed by atoms with Crippen molar-refractivity contribution in [1.29, 1.82) is 0 Å².